The lowest BCUT2D eigenvalue weighted by Crippen LogP contribution is -2.08. The van der Waals surface area contributed by atoms with Crippen molar-refractivity contribution in [2.45, 2.75) is 18.9 Å². The summed E-state index contributed by atoms with van der Waals surface area (Å²) in [5.74, 6) is 0.759. The number of hydrogen-bond acceptors (Lipinski definition) is 2. The molecule has 1 heterocycles. The minimum Gasteiger partial charge on any atom is -0.306 e. The molecule has 0 saturated carbocycles. The van der Waals surface area contributed by atoms with Crippen molar-refractivity contribution in [1.29, 1.82) is 0 Å². The minimum absolute atomic E-state index is 0.247. The molecular formula is C17H13Cl2N3. The van der Waals surface area contributed by atoms with Crippen molar-refractivity contribution in [3.8, 4) is 11.4 Å². The van der Waals surface area contributed by atoms with Crippen molar-refractivity contribution >= 4 is 23.2 Å². The first-order chi connectivity index (χ1) is 10.8. The van der Waals surface area contributed by atoms with Crippen LogP contribution in [0.25, 0.3) is 11.4 Å². The third kappa shape index (κ3) is 2.13. The zero-order valence-electron chi connectivity index (χ0n) is 11.7. The van der Waals surface area contributed by atoms with Gasteiger partial charge in [-0.15, -0.1) is 10.2 Å². The third-order valence-corrected chi connectivity index (χ3v) is 5.02. The van der Waals surface area contributed by atoms with Gasteiger partial charge in [-0.3, -0.25) is 0 Å². The summed E-state index contributed by atoms with van der Waals surface area (Å²) in [5, 5.41) is 9.42. The Labute approximate surface area is 138 Å². The zero-order chi connectivity index (χ0) is 15.1. The van der Waals surface area contributed by atoms with Gasteiger partial charge in [0, 0.05) is 5.56 Å². The number of benzene rings is 2. The Bertz CT molecular complexity index is 841. The summed E-state index contributed by atoms with van der Waals surface area (Å²) in [6, 6.07) is 14.4. The Hall–Kier alpha value is -1.84. The Kier molecular flexibility index (Phi) is 3.40. The average Bonchev–Trinajstić information content (AvgIpc) is 3.16. The second kappa shape index (κ2) is 5.41. The van der Waals surface area contributed by atoms with Crippen molar-refractivity contribution < 1.29 is 0 Å². The van der Waals surface area contributed by atoms with E-state index in [2.05, 4.69) is 39.0 Å². The maximum Gasteiger partial charge on any atom is 0.165 e. The monoisotopic (exact) mass is 329 g/mol. The van der Waals surface area contributed by atoms with E-state index in [4.69, 9.17) is 23.2 Å². The number of halogens is 2. The molecule has 3 nitrogen and oxygen atoms in total. The molecule has 1 aliphatic carbocycles. The Balaban J connectivity index is 1.84. The van der Waals surface area contributed by atoms with E-state index in [9.17, 15) is 0 Å². The van der Waals surface area contributed by atoms with Gasteiger partial charge in [0.1, 0.15) is 6.33 Å². The van der Waals surface area contributed by atoms with Gasteiger partial charge in [-0.25, -0.2) is 0 Å². The molecule has 3 aromatic rings. The van der Waals surface area contributed by atoms with Crippen LogP contribution in [0.5, 0.6) is 0 Å². The highest BCUT2D eigenvalue weighted by Gasteiger charge is 2.26. The summed E-state index contributed by atoms with van der Waals surface area (Å²) in [4.78, 5) is 0. The average molecular weight is 330 g/mol. The lowest BCUT2D eigenvalue weighted by molar-refractivity contribution is 0.583. The van der Waals surface area contributed by atoms with Crippen molar-refractivity contribution in [2.75, 3.05) is 0 Å². The normalized spacial score (nSPS) is 16.7. The zero-order valence-corrected chi connectivity index (χ0v) is 13.2. The molecule has 1 aliphatic rings. The third-order valence-electron chi connectivity index (χ3n) is 4.20. The molecule has 0 amide bonds. The van der Waals surface area contributed by atoms with Crippen LogP contribution in [0.3, 0.4) is 0 Å². The quantitative estimate of drug-likeness (QED) is 0.676. The molecule has 2 aromatic carbocycles. The van der Waals surface area contributed by atoms with Gasteiger partial charge in [-0.05, 0) is 36.1 Å². The number of aromatic nitrogens is 3. The molecule has 1 atom stereocenters. The molecule has 110 valence electrons. The van der Waals surface area contributed by atoms with Crippen molar-refractivity contribution in [3.63, 3.8) is 0 Å². The number of aryl methyl sites for hydroxylation is 1. The van der Waals surface area contributed by atoms with Crippen molar-refractivity contribution in [2.24, 2.45) is 0 Å². The lowest BCUT2D eigenvalue weighted by Gasteiger charge is -2.16. The Morgan fingerprint density at radius 2 is 1.91 bits per heavy atom. The van der Waals surface area contributed by atoms with Crippen LogP contribution in [-0.4, -0.2) is 14.8 Å². The van der Waals surface area contributed by atoms with Crippen LogP contribution in [0.2, 0.25) is 10.0 Å². The first-order valence-corrected chi connectivity index (χ1v) is 7.93. The molecular weight excluding hydrogens is 317 g/mol. The predicted molar refractivity (Wildman–Crippen MR) is 88.4 cm³/mol. The molecule has 0 radical (unpaired) electrons. The molecule has 0 aliphatic heterocycles. The van der Waals surface area contributed by atoms with Crippen LogP contribution < -0.4 is 0 Å². The summed E-state index contributed by atoms with van der Waals surface area (Å²) >= 11 is 12.5. The molecule has 0 fully saturated rings. The molecule has 1 aromatic heterocycles. The molecule has 1 unspecified atom stereocenters. The van der Waals surface area contributed by atoms with E-state index in [1.54, 1.807) is 12.4 Å². The molecule has 5 heteroatoms. The smallest absolute Gasteiger partial charge is 0.165 e. The van der Waals surface area contributed by atoms with E-state index in [-0.39, 0.29) is 6.04 Å². The highest BCUT2D eigenvalue weighted by atomic mass is 35.5. The molecule has 4 rings (SSSR count). The molecule has 0 bridgehead atoms. The van der Waals surface area contributed by atoms with Crippen LogP contribution in [-0.2, 0) is 6.42 Å². The van der Waals surface area contributed by atoms with Crippen LogP contribution in [0, 0.1) is 0 Å². The van der Waals surface area contributed by atoms with Gasteiger partial charge in [-0.1, -0.05) is 53.5 Å². The first-order valence-electron chi connectivity index (χ1n) is 7.17. The lowest BCUT2D eigenvalue weighted by atomic mass is 10.1. The maximum atomic E-state index is 6.35. The Morgan fingerprint density at radius 1 is 1.05 bits per heavy atom. The largest absolute Gasteiger partial charge is 0.306 e. The van der Waals surface area contributed by atoms with Gasteiger partial charge in [0.15, 0.2) is 5.82 Å². The molecule has 22 heavy (non-hydrogen) atoms. The SMILES string of the molecule is Clc1cccc(-c2nncn2C2CCc3ccccc32)c1Cl. The predicted octanol–water partition coefficient (Wildman–Crippen LogP) is 4.79. The van der Waals surface area contributed by atoms with Gasteiger partial charge in [0.25, 0.3) is 0 Å². The van der Waals surface area contributed by atoms with E-state index >= 15 is 0 Å². The summed E-state index contributed by atoms with van der Waals surface area (Å²) < 4.78 is 2.10. The number of rotatable bonds is 2. The van der Waals surface area contributed by atoms with Crippen molar-refractivity contribution in [3.05, 3.63) is 70.0 Å². The fourth-order valence-corrected chi connectivity index (χ4v) is 3.55. The van der Waals surface area contributed by atoms with E-state index in [1.807, 2.05) is 12.1 Å². The fraction of sp³-hybridized carbons (Fsp3) is 0.176. The van der Waals surface area contributed by atoms with E-state index in [1.165, 1.54) is 11.1 Å². The van der Waals surface area contributed by atoms with E-state index < -0.39 is 0 Å². The van der Waals surface area contributed by atoms with Gasteiger partial charge in [0.05, 0.1) is 16.1 Å². The maximum absolute atomic E-state index is 6.35. The second-order valence-corrected chi connectivity index (χ2v) is 6.20. The van der Waals surface area contributed by atoms with Gasteiger partial charge in [-0.2, -0.15) is 0 Å². The van der Waals surface area contributed by atoms with Crippen LogP contribution in [0.1, 0.15) is 23.6 Å². The number of hydrogen-bond donors (Lipinski definition) is 0. The number of nitrogens with zero attached hydrogens (tertiary/aromatic N) is 3. The minimum atomic E-state index is 0.247. The summed E-state index contributed by atoms with van der Waals surface area (Å²) in [6.45, 7) is 0. The standard InChI is InChI=1S/C17H13Cl2N3/c18-14-7-3-6-13(16(14)19)17-21-20-10-22(17)15-9-8-11-4-1-2-5-12(11)15/h1-7,10,15H,8-9H2. The van der Waals surface area contributed by atoms with Crippen LogP contribution in [0.15, 0.2) is 48.8 Å². The van der Waals surface area contributed by atoms with Crippen molar-refractivity contribution in [1.82, 2.24) is 14.8 Å². The molecule has 0 spiro atoms. The second-order valence-electron chi connectivity index (χ2n) is 5.42. The first kappa shape index (κ1) is 13.8. The fourth-order valence-electron chi connectivity index (χ4n) is 3.16. The van der Waals surface area contributed by atoms with E-state index in [0.717, 1.165) is 24.2 Å². The van der Waals surface area contributed by atoms with Gasteiger partial charge >= 0.3 is 0 Å². The van der Waals surface area contributed by atoms with E-state index in [0.29, 0.717) is 10.0 Å². The van der Waals surface area contributed by atoms with Crippen LogP contribution in [0.4, 0.5) is 0 Å². The van der Waals surface area contributed by atoms with Crippen LogP contribution >= 0.6 is 23.2 Å². The van der Waals surface area contributed by atoms with Gasteiger partial charge < -0.3 is 4.57 Å². The Morgan fingerprint density at radius 3 is 2.82 bits per heavy atom. The number of fused-ring (bicyclic) bond motifs is 1. The molecule has 0 saturated heterocycles. The summed E-state index contributed by atoms with van der Waals surface area (Å²) in [6.07, 6.45) is 3.89. The topological polar surface area (TPSA) is 30.7 Å². The summed E-state index contributed by atoms with van der Waals surface area (Å²) in [7, 11) is 0. The summed E-state index contributed by atoms with van der Waals surface area (Å²) in [5.41, 5.74) is 3.54. The highest BCUT2D eigenvalue weighted by Crippen LogP contribution is 2.38. The highest BCUT2D eigenvalue weighted by molar-refractivity contribution is 6.43. The van der Waals surface area contributed by atoms with Gasteiger partial charge in [0.2, 0.25) is 0 Å². The molecule has 0 N–H and O–H groups in total.